The Morgan fingerprint density at radius 3 is 2.58 bits per heavy atom. The van der Waals surface area contributed by atoms with Crippen LogP contribution in [0.25, 0.3) is 0 Å². The highest BCUT2D eigenvalue weighted by Crippen LogP contribution is 2.03. The van der Waals surface area contributed by atoms with Crippen molar-refractivity contribution in [3.63, 3.8) is 0 Å². The van der Waals surface area contributed by atoms with Crippen LogP contribution in [0.5, 0.6) is 0 Å². The molecular weight excluding hydrogens is 146 g/mol. The van der Waals surface area contributed by atoms with Gasteiger partial charge in [-0.25, -0.2) is 0 Å². The van der Waals surface area contributed by atoms with Gasteiger partial charge in [0.2, 0.25) is 0 Å². The first-order chi connectivity index (χ1) is 5.74. The van der Waals surface area contributed by atoms with Crippen LogP contribution >= 0.6 is 0 Å². The van der Waals surface area contributed by atoms with Gasteiger partial charge in [-0.2, -0.15) is 5.26 Å². The smallest absolute Gasteiger partial charge is 0.0991 e. The molecule has 0 spiro atoms. The summed E-state index contributed by atoms with van der Waals surface area (Å²) in [6.07, 6.45) is 8.68. The molecule has 64 valence electrons. The fourth-order valence-corrected chi connectivity index (χ4v) is 0.923. The van der Waals surface area contributed by atoms with Crippen LogP contribution in [-0.4, -0.2) is 0 Å². The monoisotopic (exact) mass is 161 g/mol. The van der Waals surface area contributed by atoms with Crippen LogP contribution in [0, 0.1) is 11.3 Å². The van der Waals surface area contributed by atoms with Crippen molar-refractivity contribution in [2.75, 3.05) is 0 Å². The Morgan fingerprint density at radius 2 is 2.17 bits per heavy atom. The molecule has 0 saturated carbocycles. The molecule has 0 aliphatic rings. The summed E-state index contributed by atoms with van der Waals surface area (Å²) in [6, 6.07) is 2.13. The number of allylic oxidation sites excluding steroid dienone is 6. The minimum Gasteiger partial charge on any atom is -0.192 e. The predicted octanol–water partition coefficient (Wildman–Crippen LogP) is 3.37. The van der Waals surface area contributed by atoms with Gasteiger partial charge >= 0.3 is 0 Å². The van der Waals surface area contributed by atoms with Crippen LogP contribution in [0.4, 0.5) is 0 Å². The molecule has 0 radical (unpaired) electrons. The molecule has 0 aromatic rings. The highest BCUT2D eigenvalue weighted by Gasteiger charge is 1.87. The molecule has 0 fully saturated rings. The summed E-state index contributed by atoms with van der Waals surface area (Å²) in [5.74, 6) is 0. The van der Waals surface area contributed by atoms with Crippen molar-refractivity contribution in [2.45, 2.75) is 27.2 Å². The van der Waals surface area contributed by atoms with Gasteiger partial charge in [-0.15, -0.1) is 0 Å². The van der Waals surface area contributed by atoms with Gasteiger partial charge in [0.05, 0.1) is 11.6 Å². The van der Waals surface area contributed by atoms with E-state index in [9.17, 15) is 0 Å². The van der Waals surface area contributed by atoms with Crippen molar-refractivity contribution in [3.8, 4) is 6.07 Å². The van der Waals surface area contributed by atoms with Crippen molar-refractivity contribution >= 4 is 0 Å². The van der Waals surface area contributed by atoms with E-state index in [0.717, 1.165) is 12.0 Å². The minimum atomic E-state index is 0.708. The topological polar surface area (TPSA) is 23.8 Å². The molecule has 0 bridgehead atoms. The standard InChI is InChI=1S/C11H15N/c1-4-6-10(3)8-11(9-12)7-5-2/h5-8H,4H2,1-3H3/b7-5-,10-6+,11-8+. The molecule has 0 aliphatic carbocycles. The quantitative estimate of drug-likeness (QED) is 0.460. The maximum absolute atomic E-state index is 8.68. The summed E-state index contributed by atoms with van der Waals surface area (Å²) in [6.45, 7) is 5.99. The van der Waals surface area contributed by atoms with Crippen molar-refractivity contribution < 1.29 is 0 Å². The van der Waals surface area contributed by atoms with Gasteiger partial charge in [0.15, 0.2) is 0 Å². The summed E-state index contributed by atoms with van der Waals surface area (Å²) in [7, 11) is 0. The van der Waals surface area contributed by atoms with Crippen molar-refractivity contribution in [3.05, 3.63) is 35.5 Å². The number of rotatable bonds is 3. The number of nitriles is 1. The molecule has 0 N–H and O–H groups in total. The van der Waals surface area contributed by atoms with Crippen molar-refractivity contribution in [2.24, 2.45) is 0 Å². The van der Waals surface area contributed by atoms with E-state index in [2.05, 4.69) is 19.1 Å². The van der Waals surface area contributed by atoms with E-state index in [1.54, 1.807) is 0 Å². The third-order valence-corrected chi connectivity index (χ3v) is 1.38. The first kappa shape index (κ1) is 10.7. The van der Waals surface area contributed by atoms with Crippen LogP contribution in [0.3, 0.4) is 0 Å². The molecule has 0 atom stereocenters. The van der Waals surface area contributed by atoms with E-state index in [1.807, 2.05) is 32.1 Å². The van der Waals surface area contributed by atoms with Crippen molar-refractivity contribution in [1.29, 1.82) is 5.26 Å². The van der Waals surface area contributed by atoms with Crippen LogP contribution in [0.15, 0.2) is 35.5 Å². The Morgan fingerprint density at radius 1 is 1.50 bits per heavy atom. The minimum absolute atomic E-state index is 0.708. The van der Waals surface area contributed by atoms with Crippen LogP contribution in [0.2, 0.25) is 0 Å². The highest BCUT2D eigenvalue weighted by molar-refractivity contribution is 5.38. The summed E-state index contributed by atoms with van der Waals surface area (Å²) in [5.41, 5.74) is 1.85. The molecule has 1 nitrogen and oxygen atoms in total. The van der Waals surface area contributed by atoms with Gasteiger partial charge in [0.25, 0.3) is 0 Å². The third-order valence-electron chi connectivity index (χ3n) is 1.38. The number of nitrogens with zero attached hydrogens (tertiary/aromatic N) is 1. The summed E-state index contributed by atoms with van der Waals surface area (Å²) >= 11 is 0. The molecule has 0 amide bonds. The molecule has 0 unspecified atom stereocenters. The van der Waals surface area contributed by atoms with Gasteiger partial charge in [0, 0.05) is 0 Å². The molecule has 0 heterocycles. The maximum Gasteiger partial charge on any atom is 0.0991 e. The van der Waals surface area contributed by atoms with E-state index in [4.69, 9.17) is 5.26 Å². The van der Waals surface area contributed by atoms with E-state index >= 15 is 0 Å². The second kappa shape index (κ2) is 6.42. The van der Waals surface area contributed by atoms with E-state index < -0.39 is 0 Å². The lowest BCUT2D eigenvalue weighted by Crippen LogP contribution is -1.74. The zero-order chi connectivity index (χ0) is 9.40. The Kier molecular flexibility index (Phi) is 5.73. The fourth-order valence-electron chi connectivity index (χ4n) is 0.923. The lowest BCUT2D eigenvalue weighted by molar-refractivity contribution is 1.20. The molecule has 0 aromatic heterocycles. The molecule has 12 heavy (non-hydrogen) atoms. The Balaban J connectivity index is 4.51. The second-order valence-corrected chi connectivity index (χ2v) is 2.57. The largest absolute Gasteiger partial charge is 0.192 e. The molecule has 0 saturated heterocycles. The van der Waals surface area contributed by atoms with Gasteiger partial charge in [0.1, 0.15) is 0 Å². The average Bonchev–Trinajstić information content (AvgIpc) is 2.04. The van der Waals surface area contributed by atoms with Gasteiger partial charge in [-0.3, -0.25) is 0 Å². The van der Waals surface area contributed by atoms with Crippen molar-refractivity contribution in [1.82, 2.24) is 0 Å². The SMILES string of the molecule is C\C=C/C(C#N)=C\C(C)=C\CC. The average molecular weight is 161 g/mol. The Hall–Kier alpha value is -1.29. The molecular formula is C11H15N. The lowest BCUT2D eigenvalue weighted by atomic mass is 10.1. The summed E-state index contributed by atoms with van der Waals surface area (Å²) in [4.78, 5) is 0. The molecule has 0 rings (SSSR count). The van der Waals surface area contributed by atoms with E-state index in [1.165, 1.54) is 0 Å². The first-order valence-electron chi connectivity index (χ1n) is 4.15. The van der Waals surface area contributed by atoms with E-state index in [0.29, 0.717) is 5.57 Å². The van der Waals surface area contributed by atoms with Gasteiger partial charge in [-0.05, 0) is 32.4 Å². The number of hydrogen-bond acceptors (Lipinski definition) is 1. The van der Waals surface area contributed by atoms with Crippen LogP contribution in [-0.2, 0) is 0 Å². The summed E-state index contributed by atoms with van der Waals surface area (Å²) in [5, 5.41) is 8.68. The van der Waals surface area contributed by atoms with Crippen LogP contribution < -0.4 is 0 Å². The Labute approximate surface area is 74.7 Å². The fraction of sp³-hybridized carbons (Fsp3) is 0.364. The number of hydrogen-bond donors (Lipinski definition) is 0. The molecule has 0 aliphatic heterocycles. The summed E-state index contributed by atoms with van der Waals surface area (Å²) < 4.78 is 0. The Bertz CT molecular complexity index is 249. The first-order valence-corrected chi connectivity index (χ1v) is 4.15. The maximum atomic E-state index is 8.68. The normalized spacial score (nSPS) is 13.5. The zero-order valence-electron chi connectivity index (χ0n) is 7.96. The highest BCUT2D eigenvalue weighted by atomic mass is 14.2. The van der Waals surface area contributed by atoms with E-state index in [-0.39, 0.29) is 0 Å². The lowest BCUT2D eigenvalue weighted by Gasteiger charge is -1.91. The molecule has 0 aromatic carbocycles. The van der Waals surface area contributed by atoms with Gasteiger partial charge in [-0.1, -0.05) is 24.6 Å². The third kappa shape index (κ3) is 4.51. The van der Waals surface area contributed by atoms with Crippen LogP contribution in [0.1, 0.15) is 27.2 Å². The van der Waals surface area contributed by atoms with Gasteiger partial charge < -0.3 is 0 Å². The predicted molar refractivity (Wildman–Crippen MR) is 52.6 cm³/mol. The molecule has 1 heteroatoms. The second-order valence-electron chi connectivity index (χ2n) is 2.57. The zero-order valence-corrected chi connectivity index (χ0v) is 7.96.